The van der Waals surface area contributed by atoms with Crippen LogP contribution in [0.1, 0.15) is 18.4 Å². The maximum atomic E-state index is 12.9. The highest BCUT2D eigenvalue weighted by Gasteiger charge is 2.48. The highest BCUT2D eigenvalue weighted by molar-refractivity contribution is 7.89. The number of carbonyl (C=O) groups is 1. The number of amides is 1. The van der Waals surface area contributed by atoms with Crippen molar-refractivity contribution in [3.8, 4) is 0 Å². The molecular weight excluding hydrogens is 398 g/mol. The van der Waals surface area contributed by atoms with Crippen LogP contribution >= 0.6 is 11.6 Å². The summed E-state index contributed by atoms with van der Waals surface area (Å²) in [5.74, 6) is 0.0536. The van der Waals surface area contributed by atoms with E-state index >= 15 is 0 Å². The molecule has 4 rings (SSSR count). The van der Waals surface area contributed by atoms with Crippen LogP contribution in [-0.4, -0.2) is 48.8 Å². The van der Waals surface area contributed by atoms with E-state index in [1.165, 1.54) is 16.4 Å². The number of piperidine rings is 1. The minimum absolute atomic E-state index is 0.0536. The van der Waals surface area contributed by atoms with Crippen LogP contribution in [0.25, 0.3) is 0 Å². The summed E-state index contributed by atoms with van der Waals surface area (Å²) in [6, 6.07) is 16.1. The third kappa shape index (κ3) is 3.55. The molecule has 1 spiro atoms. The van der Waals surface area contributed by atoms with E-state index in [0.717, 1.165) is 5.56 Å². The van der Waals surface area contributed by atoms with Crippen LogP contribution in [0.5, 0.6) is 0 Å². The fraction of sp³-hybridized carbons (Fsp3) is 0.350. The molecule has 2 fully saturated rings. The van der Waals surface area contributed by atoms with Crippen LogP contribution in [0, 0.1) is 0 Å². The average molecular weight is 420 g/mol. The monoisotopic (exact) mass is 419 g/mol. The Balaban J connectivity index is 1.50. The van der Waals surface area contributed by atoms with Gasteiger partial charge in [-0.25, -0.2) is 8.42 Å². The molecule has 1 amide bonds. The molecule has 2 aliphatic heterocycles. The molecule has 0 saturated carbocycles. The molecule has 28 heavy (non-hydrogen) atoms. The van der Waals surface area contributed by atoms with E-state index < -0.39 is 15.7 Å². The van der Waals surface area contributed by atoms with Gasteiger partial charge in [0.25, 0.3) is 0 Å². The third-order valence-electron chi connectivity index (χ3n) is 5.57. The Kier molecular flexibility index (Phi) is 5.18. The van der Waals surface area contributed by atoms with E-state index in [1.54, 1.807) is 12.1 Å². The molecule has 0 aromatic heterocycles. The average Bonchev–Trinajstić information content (AvgIpc) is 2.99. The second kappa shape index (κ2) is 7.48. The maximum Gasteiger partial charge on any atom is 0.243 e. The number of hydrogen-bond acceptors (Lipinski definition) is 4. The van der Waals surface area contributed by atoms with Gasteiger partial charge in [-0.1, -0.05) is 41.9 Å². The molecule has 1 N–H and O–H groups in total. The minimum atomic E-state index is -3.57. The summed E-state index contributed by atoms with van der Waals surface area (Å²) < 4.78 is 27.3. The first-order chi connectivity index (χ1) is 13.4. The molecule has 0 aliphatic carbocycles. The van der Waals surface area contributed by atoms with E-state index in [1.807, 2.05) is 35.2 Å². The zero-order valence-electron chi connectivity index (χ0n) is 15.3. The lowest BCUT2D eigenvalue weighted by Gasteiger charge is -2.44. The predicted molar refractivity (Wildman–Crippen MR) is 107 cm³/mol. The second-order valence-corrected chi connectivity index (χ2v) is 9.58. The van der Waals surface area contributed by atoms with Crippen molar-refractivity contribution in [2.24, 2.45) is 0 Å². The smallest absolute Gasteiger partial charge is 0.243 e. The van der Waals surface area contributed by atoms with Crippen molar-refractivity contribution < 1.29 is 13.2 Å². The molecule has 8 heteroatoms. The van der Waals surface area contributed by atoms with Crippen molar-refractivity contribution in [3.63, 3.8) is 0 Å². The molecule has 0 bridgehead atoms. The zero-order chi connectivity index (χ0) is 19.8. The molecule has 2 aromatic rings. The van der Waals surface area contributed by atoms with Crippen molar-refractivity contribution in [3.05, 3.63) is 65.2 Å². The highest BCUT2D eigenvalue weighted by Crippen LogP contribution is 2.33. The second-order valence-electron chi connectivity index (χ2n) is 7.21. The van der Waals surface area contributed by atoms with Crippen molar-refractivity contribution >= 4 is 27.5 Å². The van der Waals surface area contributed by atoms with Crippen LogP contribution in [0.2, 0.25) is 5.02 Å². The van der Waals surface area contributed by atoms with Crippen LogP contribution in [0.15, 0.2) is 59.5 Å². The Bertz CT molecular complexity index is 956. The SMILES string of the molecule is O=C1CNC2(CCN(S(=O)(=O)c3ccc(Cl)cc3)CC2)N1Cc1ccccc1. The zero-order valence-corrected chi connectivity index (χ0v) is 16.9. The van der Waals surface area contributed by atoms with E-state index in [-0.39, 0.29) is 17.3 Å². The van der Waals surface area contributed by atoms with Crippen LogP contribution < -0.4 is 5.32 Å². The molecule has 2 aliphatic rings. The predicted octanol–water partition coefficient (Wildman–Crippen LogP) is 2.45. The molecule has 2 saturated heterocycles. The number of benzene rings is 2. The van der Waals surface area contributed by atoms with Crippen LogP contribution in [0.4, 0.5) is 0 Å². The van der Waals surface area contributed by atoms with Gasteiger partial charge >= 0.3 is 0 Å². The van der Waals surface area contributed by atoms with E-state index in [2.05, 4.69) is 5.32 Å². The standard InChI is InChI=1S/C20H22ClN3O3S/c21-17-6-8-18(9-7-17)28(26,27)23-12-10-20(11-13-23)22-14-19(25)24(20)15-16-4-2-1-3-5-16/h1-9,22H,10-15H2. The van der Waals surface area contributed by atoms with Gasteiger partial charge in [-0.2, -0.15) is 4.31 Å². The Labute approximate surface area is 170 Å². The first-order valence-corrected chi connectivity index (χ1v) is 11.1. The molecular formula is C20H22ClN3O3S. The van der Waals surface area contributed by atoms with E-state index in [4.69, 9.17) is 11.6 Å². The molecule has 0 atom stereocenters. The van der Waals surface area contributed by atoms with Gasteiger partial charge < -0.3 is 4.90 Å². The van der Waals surface area contributed by atoms with Gasteiger partial charge in [-0.3, -0.25) is 10.1 Å². The van der Waals surface area contributed by atoms with Crippen molar-refractivity contribution in [1.82, 2.24) is 14.5 Å². The first kappa shape index (κ1) is 19.4. The number of hydrogen-bond donors (Lipinski definition) is 1. The highest BCUT2D eigenvalue weighted by atomic mass is 35.5. The third-order valence-corrected chi connectivity index (χ3v) is 7.74. The van der Waals surface area contributed by atoms with Gasteiger partial charge in [0.15, 0.2) is 0 Å². The largest absolute Gasteiger partial charge is 0.319 e. The van der Waals surface area contributed by atoms with Gasteiger partial charge in [0.2, 0.25) is 15.9 Å². The van der Waals surface area contributed by atoms with Crippen LogP contribution in [0.3, 0.4) is 0 Å². The quantitative estimate of drug-likeness (QED) is 0.826. The maximum absolute atomic E-state index is 12.9. The summed E-state index contributed by atoms with van der Waals surface area (Å²) in [5, 5.41) is 3.85. The summed E-state index contributed by atoms with van der Waals surface area (Å²) in [6.07, 6.45) is 1.11. The number of halogens is 1. The van der Waals surface area contributed by atoms with Gasteiger partial charge in [-0.05, 0) is 42.7 Å². The van der Waals surface area contributed by atoms with Gasteiger partial charge in [-0.15, -0.1) is 0 Å². The van der Waals surface area contributed by atoms with Gasteiger partial charge in [0.1, 0.15) is 0 Å². The fourth-order valence-corrected chi connectivity index (χ4v) is 5.54. The Morgan fingerprint density at radius 1 is 1.00 bits per heavy atom. The molecule has 148 valence electrons. The van der Waals surface area contributed by atoms with E-state index in [0.29, 0.717) is 37.5 Å². The van der Waals surface area contributed by atoms with Crippen molar-refractivity contribution in [1.29, 1.82) is 0 Å². The summed E-state index contributed by atoms with van der Waals surface area (Å²) in [6.45, 7) is 1.53. The lowest BCUT2D eigenvalue weighted by molar-refractivity contribution is -0.132. The molecule has 0 unspecified atom stereocenters. The number of carbonyl (C=O) groups excluding carboxylic acids is 1. The molecule has 2 aromatic carbocycles. The summed E-state index contributed by atoms with van der Waals surface area (Å²) in [7, 11) is -3.57. The number of nitrogens with zero attached hydrogens (tertiary/aromatic N) is 2. The number of rotatable bonds is 4. The lowest BCUT2D eigenvalue weighted by Crippen LogP contribution is -2.58. The number of nitrogens with one attached hydrogen (secondary N) is 1. The van der Waals surface area contributed by atoms with Crippen molar-refractivity contribution in [2.75, 3.05) is 19.6 Å². The number of sulfonamides is 1. The Morgan fingerprint density at radius 2 is 1.64 bits per heavy atom. The Morgan fingerprint density at radius 3 is 2.29 bits per heavy atom. The fourth-order valence-electron chi connectivity index (χ4n) is 3.97. The van der Waals surface area contributed by atoms with E-state index in [9.17, 15) is 13.2 Å². The summed E-state index contributed by atoms with van der Waals surface area (Å²) >= 11 is 5.87. The van der Waals surface area contributed by atoms with Gasteiger partial charge in [0.05, 0.1) is 17.1 Å². The minimum Gasteiger partial charge on any atom is -0.319 e. The first-order valence-electron chi connectivity index (χ1n) is 9.26. The van der Waals surface area contributed by atoms with Crippen molar-refractivity contribution in [2.45, 2.75) is 29.9 Å². The normalized spacial score (nSPS) is 20.0. The molecule has 6 nitrogen and oxygen atoms in total. The molecule has 2 heterocycles. The van der Waals surface area contributed by atoms with Gasteiger partial charge in [0, 0.05) is 24.7 Å². The Hall–Kier alpha value is -1.93. The lowest BCUT2D eigenvalue weighted by atomic mass is 9.96. The summed E-state index contributed by atoms with van der Waals surface area (Å²) in [4.78, 5) is 14.6. The van der Waals surface area contributed by atoms with Crippen LogP contribution in [-0.2, 0) is 21.4 Å². The molecule has 0 radical (unpaired) electrons. The topological polar surface area (TPSA) is 69.7 Å². The summed E-state index contributed by atoms with van der Waals surface area (Å²) in [5.41, 5.74) is 0.578.